The number of aromatic nitrogens is 1. The topological polar surface area (TPSA) is 101 Å². The summed E-state index contributed by atoms with van der Waals surface area (Å²) in [5.41, 5.74) is 1.79. The molecular formula is C32H28ClF2N3O4. The molecule has 3 aromatic carbocycles. The van der Waals surface area contributed by atoms with E-state index >= 15 is 0 Å². The van der Waals surface area contributed by atoms with Crippen molar-refractivity contribution in [3.63, 3.8) is 0 Å². The molecule has 1 atom stereocenters. The van der Waals surface area contributed by atoms with Gasteiger partial charge in [0.2, 0.25) is 0 Å². The summed E-state index contributed by atoms with van der Waals surface area (Å²) in [5.74, 6) is -3.38. The van der Waals surface area contributed by atoms with Gasteiger partial charge >= 0.3 is 11.9 Å². The average Bonchev–Trinajstić information content (AvgIpc) is 2.94. The van der Waals surface area contributed by atoms with Crippen LogP contribution in [0.15, 0.2) is 60.8 Å². The number of halogens is 3. The summed E-state index contributed by atoms with van der Waals surface area (Å²) in [5, 5.41) is 13.2. The number of nitriles is 1. The third kappa shape index (κ3) is 6.90. The molecule has 4 rings (SSSR count). The Bertz CT molecular complexity index is 1690. The van der Waals surface area contributed by atoms with Gasteiger partial charge in [0.15, 0.2) is 0 Å². The van der Waals surface area contributed by atoms with Crippen LogP contribution in [0.3, 0.4) is 0 Å². The second-order valence-electron chi connectivity index (χ2n) is 10.6. The number of benzene rings is 3. The van der Waals surface area contributed by atoms with E-state index in [0.717, 1.165) is 28.6 Å². The number of nitrogens with one attached hydrogen (secondary N) is 1. The minimum atomic E-state index is -0.966. The number of pyridine rings is 1. The van der Waals surface area contributed by atoms with Crippen molar-refractivity contribution in [2.24, 2.45) is 0 Å². The number of nitrogens with zero attached hydrogens (tertiary/aromatic N) is 2. The molecule has 0 aliphatic carbocycles. The van der Waals surface area contributed by atoms with Gasteiger partial charge in [-0.1, -0.05) is 35.9 Å². The third-order valence-corrected chi connectivity index (χ3v) is 6.77. The highest BCUT2D eigenvalue weighted by Gasteiger charge is 2.25. The van der Waals surface area contributed by atoms with Crippen molar-refractivity contribution in [1.82, 2.24) is 10.3 Å². The van der Waals surface area contributed by atoms with Crippen LogP contribution in [0.2, 0.25) is 5.02 Å². The molecule has 216 valence electrons. The molecular weight excluding hydrogens is 564 g/mol. The Morgan fingerprint density at radius 3 is 2.38 bits per heavy atom. The minimum absolute atomic E-state index is 0.121. The molecule has 0 spiro atoms. The summed E-state index contributed by atoms with van der Waals surface area (Å²) in [4.78, 5) is 29.5. The number of rotatable bonds is 8. The Balaban J connectivity index is 1.61. The zero-order valence-corrected chi connectivity index (χ0v) is 24.2. The van der Waals surface area contributed by atoms with Crippen LogP contribution in [-0.4, -0.2) is 35.7 Å². The van der Waals surface area contributed by atoms with Gasteiger partial charge in [0.05, 0.1) is 29.8 Å². The maximum Gasteiger partial charge on any atom is 0.338 e. The Hall–Kier alpha value is -4.39. The molecule has 10 heteroatoms. The van der Waals surface area contributed by atoms with Gasteiger partial charge in [0, 0.05) is 39.8 Å². The number of ether oxygens (including phenoxy) is 2. The standard InChI is InChI=1S/C32H28ClF2N3O4/c1-32(2,3)42-30(39)20-13-26(34)24(27(35)14-20)17-38-28(31(40)41-4)15-19-8-10-23(29-21(19)6-5-11-37-29)22-9-7-18(16-36)12-25(22)33/h5-14,28,38H,15,17H2,1-4H3/t28-/m0/s1. The van der Waals surface area contributed by atoms with Gasteiger partial charge in [0.1, 0.15) is 23.3 Å². The number of carbonyl (C=O) groups excluding carboxylic acids is 2. The molecule has 4 aromatic rings. The Morgan fingerprint density at radius 1 is 1.07 bits per heavy atom. The van der Waals surface area contributed by atoms with Gasteiger partial charge in [-0.05, 0) is 63.1 Å². The van der Waals surface area contributed by atoms with E-state index in [4.69, 9.17) is 21.1 Å². The molecule has 0 amide bonds. The van der Waals surface area contributed by atoms with Crippen molar-refractivity contribution in [3.8, 4) is 17.2 Å². The summed E-state index contributed by atoms with van der Waals surface area (Å²) < 4.78 is 40.0. The second kappa shape index (κ2) is 12.6. The fourth-order valence-electron chi connectivity index (χ4n) is 4.48. The lowest BCUT2D eigenvalue weighted by Gasteiger charge is -2.20. The van der Waals surface area contributed by atoms with Crippen LogP contribution in [0, 0.1) is 23.0 Å². The predicted octanol–water partition coefficient (Wildman–Crippen LogP) is 6.53. The SMILES string of the molecule is COC(=O)[C@H](Cc1ccc(-c2ccc(C#N)cc2Cl)c2ncccc12)NCc1c(F)cc(C(=O)OC(C)(C)C)cc1F. The lowest BCUT2D eigenvalue weighted by Crippen LogP contribution is -2.39. The van der Waals surface area contributed by atoms with Gasteiger partial charge in [-0.2, -0.15) is 5.26 Å². The van der Waals surface area contributed by atoms with Crippen molar-refractivity contribution >= 4 is 34.4 Å². The number of carbonyl (C=O) groups is 2. The summed E-state index contributed by atoms with van der Waals surface area (Å²) in [7, 11) is 1.23. The van der Waals surface area contributed by atoms with E-state index in [1.165, 1.54) is 7.11 Å². The lowest BCUT2D eigenvalue weighted by molar-refractivity contribution is -0.143. The predicted molar refractivity (Wildman–Crippen MR) is 155 cm³/mol. The Kier molecular flexibility index (Phi) is 9.20. The number of hydrogen-bond donors (Lipinski definition) is 1. The van der Waals surface area contributed by atoms with Crippen LogP contribution in [0.4, 0.5) is 8.78 Å². The van der Waals surface area contributed by atoms with Gasteiger partial charge in [-0.3, -0.25) is 15.1 Å². The Morgan fingerprint density at radius 2 is 1.76 bits per heavy atom. The highest BCUT2D eigenvalue weighted by molar-refractivity contribution is 6.33. The lowest BCUT2D eigenvalue weighted by atomic mass is 9.94. The number of esters is 2. The van der Waals surface area contributed by atoms with Crippen LogP contribution in [0.25, 0.3) is 22.0 Å². The van der Waals surface area contributed by atoms with Crippen LogP contribution in [0.1, 0.15) is 47.8 Å². The van der Waals surface area contributed by atoms with E-state index in [9.17, 15) is 23.6 Å². The molecule has 1 N–H and O–H groups in total. The fourth-order valence-corrected chi connectivity index (χ4v) is 4.77. The zero-order chi connectivity index (χ0) is 30.6. The van der Waals surface area contributed by atoms with E-state index in [1.807, 2.05) is 18.2 Å². The summed E-state index contributed by atoms with van der Waals surface area (Å²) in [6, 6.07) is 15.2. The van der Waals surface area contributed by atoms with Crippen molar-refractivity contribution in [2.75, 3.05) is 7.11 Å². The average molecular weight is 592 g/mol. The van der Waals surface area contributed by atoms with Gasteiger partial charge in [-0.25, -0.2) is 13.6 Å². The maximum atomic E-state index is 14.9. The molecule has 7 nitrogen and oxygen atoms in total. The molecule has 0 bridgehead atoms. The molecule has 42 heavy (non-hydrogen) atoms. The molecule has 0 radical (unpaired) electrons. The first-order chi connectivity index (χ1) is 19.9. The van der Waals surface area contributed by atoms with E-state index < -0.39 is 35.2 Å². The molecule has 0 unspecified atom stereocenters. The first-order valence-corrected chi connectivity index (χ1v) is 13.4. The molecule has 0 fully saturated rings. The van der Waals surface area contributed by atoms with Gasteiger partial charge in [0.25, 0.3) is 0 Å². The molecule has 1 heterocycles. The van der Waals surface area contributed by atoms with Crippen LogP contribution < -0.4 is 5.32 Å². The van der Waals surface area contributed by atoms with Crippen LogP contribution in [-0.2, 0) is 27.2 Å². The first kappa shape index (κ1) is 30.6. The highest BCUT2D eigenvalue weighted by Crippen LogP contribution is 2.35. The molecule has 0 aliphatic heterocycles. The van der Waals surface area contributed by atoms with Crippen molar-refractivity contribution in [2.45, 2.75) is 45.4 Å². The summed E-state index contributed by atoms with van der Waals surface area (Å²) in [6.07, 6.45) is 1.76. The van der Waals surface area contributed by atoms with E-state index in [-0.39, 0.29) is 24.1 Å². The number of fused-ring (bicyclic) bond motifs is 1. The van der Waals surface area contributed by atoms with Crippen molar-refractivity contribution in [1.29, 1.82) is 5.26 Å². The molecule has 0 aliphatic rings. The molecule has 0 saturated heterocycles. The highest BCUT2D eigenvalue weighted by atomic mass is 35.5. The zero-order valence-electron chi connectivity index (χ0n) is 23.4. The second-order valence-corrected chi connectivity index (χ2v) is 11.0. The maximum absolute atomic E-state index is 14.9. The van der Waals surface area contributed by atoms with E-state index in [1.54, 1.807) is 51.2 Å². The Labute approximate surface area is 247 Å². The normalized spacial score (nSPS) is 12.0. The smallest absolute Gasteiger partial charge is 0.338 e. The van der Waals surface area contributed by atoms with Gasteiger partial charge in [-0.15, -0.1) is 0 Å². The minimum Gasteiger partial charge on any atom is -0.468 e. The quantitative estimate of drug-likeness (QED) is 0.232. The fraction of sp³-hybridized carbons (Fsp3) is 0.250. The summed E-state index contributed by atoms with van der Waals surface area (Å²) in [6.45, 7) is 4.61. The monoisotopic (exact) mass is 591 g/mol. The summed E-state index contributed by atoms with van der Waals surface area (Å²) >= 11 is 6.47. The van der Waals surface area contributed by atoms with Crippen LogP contribution in [0.5, 0.6) is 0 Å². The number of hydrogen-bond acceptors (Lipinski definition) is 7. The van der Waals surface area contributed by atoms with E-state index in [2.05, 4.69) is 16.4 Å². The molecule has 0 saturated carbocycles. The third-order valence-electron chi connectivity index (χ3n) is 6.46. The van der Waals surface area contributed by atoms with Crippen molar-refractivity contribution < 1.29 is 27.8 Å². The van der Waals surface area contributed by atoms with Gasteiger partial charge < -0.3 is 9.47 Å². The number of methoxy groups -OCH3 is 1. The van der Waals surface area contributed by atoms with Crippen molar-refractivity contribution in [3.05, 3.63) is 99.7 Å². The first-order valence-electron chi connectivity index (χ1n) is 13.0. The molecule has 1 aromatic heterocycles. The largest absolute Gasteiger partial charge is 0.468 e. The van der Waals surface area contributed by atoms with E-state index in [0.29, 0.717) is 21.7 Å². The van der Waals surface area contributed by atoms with Crippen LogP contribution >= 0.6 is 11.6 Å².